The van der Waals surface area contributed by atoms with Gasteiger partial charge in [-0.25, -0.2) is 0 Å². The highest BCUT2D eigenvalue weighted by molar-refractivity contribution is 5.68. The summed E-state index contributed by atoms with van der Waals surface area (Å²) in [6.45, 7) is 10.7. The van der Waals surface area contributed by atoms with Crippen molar-refractivity contribution >= 4 is 23.9 Å². The maximum absolute atomic E-state index is 12.3. The molecule has 0 unspecified atom stereocenters. The lowest BCUT2D eigenvalue weighted by Crippen LogP contribution is -2.63. The van der Waals surface area contributed by atoms with Crippen molar-refractivity contribution in [1.29, 1.82) is 0 Å². The van der Waals surface area contributed by atoms with Crippen molar-refractivity contribution in [2.75, 3.05) is 6.61 Å². The highest BCUT2D eigenvalue weighted by Crippen LogP contribution is 2.35. The van der Waals surface area contributed by atoms with Crippen molar-refractivity contribution < 1.29 is 52.3 Å². The van der Waals surface area contributed by atoms with Gasteiger partial charge in [0.2, 0.25) is 18.3 Å². The topological polar surface area (TPSA) is 162 Å². The average Bonchev–Trinajstić information content (AvgIpc) is 3.41. The Balaban J connectivity index is 1.66. The van der Waals surface area contributed by atoms with Crippen LogP contribution < -0.4 is 9.47 Å². The molecule has 0 aliphatic carbocycles. The Morgan fingerprint density at radius 3 is 2.10 bits per heavy atom. The van der Waals surface area contributed by atoms with Gasteiger partial charge in [0.15, 0.2) is 12.2 Å². The van der Waals surface area contributed by atoms with Crippen LogP contribution in [0.2, 0.25) is 0 Å². The Morgan fingerprint density at radius 1 is 0.854 bits per heavy atom. The molecule has 0 spiro atoms. The fourth-order valence-electron chi connectivity index (χ4n) is 5.39. The van der Waals surface area contributed by atoms with E-state index in [1.807, 2.05) is 69.3 Å². The molecular weight excluding hydrogens is 624 g/mol. The van der Waals surface area contributed by atoms with Gasteiger partial charge in [-0.05, 0) is 41.7 Å². The Bertz CT molecular complexity index is 1590. The molecule has 2 aromatic carbocycles. The summed E-state index contributed by atoms with van der Waals surface area (Å²) in [4.78, 5) is 48.3. The molecule has 1 saturated heterocycles. The average molecular weight is 667 g/mol. The zero-order valence-corrected chi connectivity index (χ0v) is 28.1. The van der Waals surface area contributed by atoms with Crippen LogP contribution in [0.5, 0.6) is 11.6 Å². The van der Waals surface area contributed by atoms with Crippen LogP contribution in [0.3, 0.4) is 0 Å². The van der Waals surface area contributed by atoms with Crippen LogP contribution in [-0.4, -0.2) is 71.4 Å². The number of hydrogen-bond acceptors (Lipinski definition) is 12. The molecule has 2 heterocycles. The second-order valence-electron chi connectivity index (χ2n) is 11.8. The number of rotatable bonds is 13. The van der Waals surface area contributed by atoms with Crippen molar-refractivity contribution in [3.05, 3.63) is 76.5 Å². The molecule has 13 heteroatoms. The van der Waals surface area contributed by atoms with Crippen LogP contribution in [-0.2, 0) is 55.9 Å². The van der Waals surface area contributed by atoms with E-state index in [0.29, 0.717) is 13.0 Å². The van der Waals surface area contributed by atoms with E-state index in [4.69, 9.17) is 33.2 Å². The molecule has 0 saturated carbocycles. The summed E-state index contributed by atoms with van der Waals surface area (Å²) in [7, 11) is 0. The lowest BCUT2D eigenvalue weighted by Gasteiger charge is -2.43. The van der Waals surface area contributed by atoms with Crippen molar-refractivity contribution in [2.45, 2.75) is 98.1 Å². The van der Waals surface area contributed by atoms with Gasteiger partial charge in [0.25, 0.3) is 0 Å². The normalized spacial score (nSPS) is 20.5. The number of aryl methyl sites for hydroxylation is 1. The second-order valence-corrected chi connectivity index (χ2v) is 11.8. The Hall–Kier alpha value is -4.91. The third-order valence-electron chi connectivity index (χ3n) is 7.54. The predicted octanol–water partition coefficient (Wildman–Crippen LogP) is 4.47. The van der Waals surface area contributed by atoms with E-state index >= 15 is 0 Å². The van der Waals surface area contributed by atoms with Gasteiger partial charge in [-0.3, -0.25) is 24.3 Å². The number of aromatic amines is 1. The molecule has 0 amide bonds. The summed E-state index contributed by atoms with van der Waals surface area (Å²) < 4.78 is 40.2. The zero-order chi connectivity index (χ0) is 35.0. The maximum Gasteiger partial charge on any atom is 0.303 e. The minimum Gasteiger partial charge on any atom is -0.489 e. The standard InChI is InChI=1S/C35H42N2O11/c1-19(2)30-28(16-26-13-14-27(15-20(26)3)43-17-25-11-9-8-10-12-25)34(37-36-30)48-35-33(46-24(7)41)32(45-23(6)40)31(44-22(5)39)29(47-35)18-42-21(4)38/h8-15,19,29,31-33,35H,16-18H2,1-7H3,(H,36,37)/t29-,31-,32+,33-,35+/m1/s1. The van der Waals surface area contributed by atoms with Crippen molar-refractivity contribution in [3.8, 4) is 11.6 Å². The van der Waals surface area contributed by atoms with E-state index in [-0.39, 0.29) is 18.4 Å². The molecule has 48 heavy (non-hydrogen) atoms. The van der Waals surface area contributed by atoms with E-state index in [9.17, 15) is 19.2 Å². The number of carbonyl (C=O) groups is 4. The van der Waals surface area contributed by atoms with Crippen LogP contribution in [0.1, 0.15) is 75.4 Å². The summed E-state index contributed by atoms with van der Waals surface area (Å²) in [5.74, 6) is -1.91. The van der Waals surface area contributed by atoms with Crippen LogP contribution in [0.25, 0.3) is 0 Å². The molecule has 1 aromatic heterocycles. The molecule has 0 radical (unpaired) electrons. The summed E-state index contributed by atoms with van der Waals surface area (Å²) >= 11 is 0. The number of hydrogen-bond donors (Lipinski definition) is 1. The maximum atomic E-state index is 12.3. The van der Waals surface area contributed by atoms with Gasteiger partial charge in [0.05, 0.1) is 0 Å². The fraction of sp³-hybridized carbons (Fsp3) is 0.457. The van der Waals surface area contributed by atoms with E-state index in [1.54, 1.807) is 0 Å². The SMILES string of the molecule is CC(=O)OC[C@H]1O[C@@H](Oc2n[nH]c(C(C)C)c2Cc2ccc(OCc3ccccc3)cc2C)[C@H](OC(C)=O)[C@@H](OC(C)=O)[C@@H]1OC(C)=O. The highest BCUT2D eigenvalue weighted by atomic mass is 16.7. The number of nitrogens with zero attached hydrogens (tertiary/aromatic N) is 1. The van der Waals surface area contributed by atoms with Crippen molar-refractivity contribution in [2.24, 2.45) is 0 Å². The van der Waals surface area contributed by atoms with E-state index in [2.05, 4.69) is 10.2 Å². The molecule has 1 N–H and O–H groups in total. The number of ether oxygens (including phenoxy) is 7. The lowest BCUT2D eigenvalue weighted by atomic mass is 9.96. The molecule has 1 aliphatic rings. The largest absolute Gasteiger partial charge is 0.489 e. The van der Waals surface area contributed by atoms with Crippen molar-refractivity contribution in [1.82, 2.24) is 10.2 Å². The van der Waals surface area contributed by atoms with Gasteiger partial charge in [-0.15, -0.1) is 5.10 Å². The predicted molar refractivity (Wildman–Crippen MR) is 170 cm³/mol. The molecule has 1 fully saturated rings. The molecule has 258 valence electrons. The van der Waals surface area contributed by atoms with Gasteiger partial charge >= 0.3 is 23.9 Å². The van der Waals surface area contributed by atoms with Gasteiger partial charge in [0.1, 0.15) is 25.1 Å². The molecule has 5 atom stereocenters. The fourth-order valence-corrected chi connectivity index (χ4v) is 5.39. The highest BCUT2D eigenvalue weighted by Gasteiger charge is 2.53. The minimum absolute atomic E-state index is 0.0223. The summed E-state index contributed by atoms with van der Waals surface area (Å²) in [6, 6.07) is 15.7. The Kier molecular flexibility index (Phi) is 12.2. The van der Waals surface area contributed by atoms with Crippen LogP contribution in [0.4, 0.5) is 0 Å². The van der Waals surface area contributed by atoms with Gasteiger partial charge in [-0.1, -0.05) is 50.2 Å². The first-order valence-corrected chi connectivity index (χ1v) is 15.6. The summed E-state index contributed by atoms with van der Waals surface area (Å²) in [5.41, 5.74) is 4.55. The molecule has 13 nitrogen and oxygen atoms in total. The molecule has 3 aromatic rings. The molecule has 0 bridgehead atoms. The van der Waals surface area contributed by atoms with Crippen LogP contribution in [0.15, 0.2) is 48.5 Å². The molecule has 4 rings (SSSR count). The van der Waals surface area contributed by atoms with E-state index < -0.39 is 54.6 Å². The summed E-state index contributed by atoms with van der Waals surface area (Å²) in [6.07, 6.45) is -6.22. The number of esters is 4. The first-order valence-electron chi connectivity index (χ1n) is 15.6. The van der Waals surface area contributed by atoms with Gasteiger partial charge < -0.3 is 33.2 Å². The Morgan fingerprint density at radius 2 is 1.50 bits per heavy atom. The number of nitrogens with one attached hydrogen (secondary N) is 1. The third-order valence-corrected chi connectivity index (χ3v) is 7.54. The van der Waals surface area contributed by atoms with Crippen LogP contribution >= 0.6 is 0 Å². The quantitative estimate of drug-likeness (QED) is 0.202. The van der Waals surface area contributed by atoms with Crippen molar-refractivity contribution in [3.63, 3.8) is 0 Å². The first kappa shape index (κ1) is 35.9. The monoisotopic (exact) mass is 666 g/mol. The second kappa shape index (κ2) is 16.3. The molecular formula is C35H42N2O11. The Labute approximate surface area is 279 Å². The first-order chi connectivity index (χ1) is 22.8. The van der Waals surface area contributed by atoms with Crippen LogP contribution in [0, 0.1) is 6.92 Å². The summed E-state index contributed by atoms with van der Waals surface area (Å²) in [5, 5.41) is 7.48. The number of carbonyl (C=O) groups excluding carboxylic acids is 4. The smallest absolute Gasteiger partial charge is 0.303 e. The van der Waals surface area contributed by atoms with Gasteiger partial charge in [0, 0.05) is 45.4 Å². The number of aromatic nitrogens is 2. The third kappa shape index (κ3) is 9.57. The minimum atomic E-state index is -1.41. The molecule has 1 aliphatic heterocycles. The van der Waals surface area contributed by atoms with E-state index in [0.717, 1.165) is 47.5 Å². The number of H-pyrrole nitrogens is 1. The number of benzene rings is 2. The van der Waals surface area contributed by atoms with E-state index in [1.165, 1.54) is 13.8 Å². The van der Waals surface area contributed by atoms with Gasteiger partial charge in [-0.2, -0.15) is 0 Å². The zero-order valence-electron chi connectivity index (χ0n) is 28.1. The lowest BCUT2D eigenvalue weighted by molar-refractivity contribution is -0.289.